The number of carbonyl (C=O) groups excluding carboxylic acids is 3. The van der Waals surface area contributed by atoms with Crippen LogP contribution in [-0.4, -0.2) is 141 Å². The summed E-state index contributed by atoms with van der Waals surface area (Å²) in [5.41, 5.74) is 2.48. The third-order valence-corrected chi connectivity index (χ3v) is 10.7. The lowest BCUT2D eigenvalue weighted by atomic mass is 9.98. The lowest BCUT2D eigenvalue weighted by Gasteiger charge is -2.55. The Morgan fingerprint density at radius 2 is 1.73 bits per heavy atom. The zero-order chi connectivity index (χ0) is 36.4. The molecule has 0 spiro atoms. The van der Waals surface area contributed by atoms with E-state index in [0.717, 1.165) is 55.4 Å². The molecular weight excluding hydrogens is 658 g/mol. The van der Waals surface area contributed by atoms with E-state index in [4.69, 9.17) is 4.98 Å². The number of hydrazine groups is 1. The summed E-state index contributed by atoms with van der Waals surface area (Å²) in [6.07, 6.45) is 1.13. The Kier molecular flexibility index (Phi) is 10.4. The fourth-order valence-corrected chi connectivity index (χ4v) is 8.03. The van der Waals surface area contributed by atoms with E-state index in [0.29, 0.717) is 18.6 Å². The van der Waals surface area contributed by atoms with Gasteiger partial charge in [0.2, 0.25) is 11.8 Å². The number of phenols is 1. The molecule has 4 aliphatic rings. The van der Waals surface area contributed by atoms with Gasteiger partial charge >= 0.3 is 6.03 Å². The third-order valence-electron chi connectivity index (χ3n) is 10.7. The first-order valence-corrected chi connectivity index (χ1v) is 18.2. The highest BCUT2D eigenvalue weighted by atomic mass is 16.3. The first kappa shape index (κ1) is 35.4. The fourth-order valence-electron chi connectivity index (χ4n) is 8.03. The third kappa shape index (κ3) is 7.48. The molecule has 274 valence electrons. The van der Waals surface area contributed by atoms with E-state index >= 15 is 0 Å². The Morgan fingerprint density at radius 3 is 2.46 bits per heavy atom. The molecule has 0 saturated carbocycles. The number of carbonyl (C=O) groups is 3. The number of anilines is 1. The number of pyridine rings is 1. The second kappa shape index (κ2) is 15.3. The highest BCUT2D eigenvalue weighted by molar-refractivity contribution is 5.91. The molecule has 4 aliphatic heterocycles. The van der Waals surface area contributed by atoms with E-state index in [9.17, 15) is 19.5 Å². The van der Waals surface area contributed by atoms with Crippen LogP contribution in [0, 0.1) is 0 Å². The molecule has 13 heteroatoms. The van der Waals surface area contributed by atoms with Gasteiger partial charge in [-0.3, -0.25) is 14.5 Å². The average molecular weight is 708 g/mol. The minimum atomic E-state index is -0.865. The van der Waals surface area contributed by atoms with E-state index in [1.165, 1.54) is 0 Å². The van der Waals surface area contributed by atoms with Crippen molar-refractivity contribution in [2.75, 3.05) is 64.3 Å². The standard InChI is InChI=1S/C39H49N9O4/c1-4-17-45-27-37(50)47-34(20-29-13-15-33(49)16-14-29)38(51)44(26-36(47)48(45)39(52)40-21-30-9-6-5-7-10-30)23-31-11-8-12-35(41-31)43-24-32(25-43)46-19-18-42(3)22-28(46)2/h4-16,28,32,34,36,49H,1,17-27H2,2-3H3,(H,40,52)/t28?,34-,36?/m0/s1. The Balaban J connectivity index is 1.13. The zero-order valence-electron chi connectivity index (χ0n) is 30.0. The quantitative estimate of drug-likeness (QED) is 0.307. The lowest BCUT2D eigenvalue weighted by molar-refractivity contribution is -0.189. The molecular formula is C39H49N9O4. The molecule has 0 bridgehead atoms. The predicted octanol–water partition coefficient (Wildman–Crippen LogP) is 2.35. The summed E-state index contributed by atoms with van der Waals surface area (Å²) < 4.78 is 0. The molecule has 0 radical (unpaired) electrons. The summed E-state index contributed by atoms with van der Waals surface area (Å²) in [6, 6.07) is 22.0. The van der Waals surface area contributed by atoms with Crippen molar-refractivity contribution in [3.8, 4) is 5.75 Å². The van der Waals surface area contributed by atoms with Crippen molar-refractivity contribution in [1.29, 1.82) is 0 Å². The van der Waals surface area contributed by atoms with E-state index in [1.54, 1.807) is 50.2 Å². The number of benzene rings is 2. The van der Waals surface area contributed by atoms with Crippen LogP contribution in [0.4, 0.5) is 10.6 Å². The maximum atomic E-state index is 14.4. The number of aromatic hydroxyl groups is 1. The number of piperazine rings is 2. The van der Waals surface area contributed by atoms with Gasteiger partial charge in [-0.05, 0) is 49.4 Å². The smallest absolute Gasteiger partial charge is 0.334 e. The van der Waals surface area contributed by atoms with Crippen LogP contribution in [-0.2, 0) is 29.1 Å². The maximum absolute atomic E-state index is 14.4. The van der Waals surface area contributed by atoms with Gasteiger partial charge in [-0.15, -0.1) is 6.58 Å². The first-order valence-electron chi connectivity index (χ1n) is 18.2. The molecule has 2 unspecified atom stereocenters. The first-order chi connectivity index (χ1) is 25.2. The largest absolute Gasteiger partial charge is 0.508 e. The van der Waals surface area contributed by atoms with Crippen LogP contribution < -0.4 is 10.2 Å². The molecule has 2 N–H and O–H groups in total. The van der Waals surface area contributed by atoms with Crippen LogP contribution >= 0.6 is 0 Å². The van der Waals surface area contributed by atoms with Crippen molar-refractivity contribution in [3.05, 3.63) is 102 Å². The van der Waals surface area contributed by atoms with E-state index in [2.05, 4.69) is 40.6 Å². The summed E-state index contributed by atoms with van der Waals surface area (Å²) in [4.78, 5) is 58.0. The molecule has 3 atom stereocenters. The SMILES string of the molecule is C=CCN1CC(=O)N2C(CN(Cc3cccc(N4CC(N5CCN(C)CC5C)C4)n3)C(=O)[C@@H]2Cc2ccc(O)cc2)N1C(=O)NCc1ccccc1. The Labute approximate surface area is 305 Å². The van der Waals surface area contributed by atoms with Gasteiger partial charge in [0.15, 0.2) is 0 Å². The molecule has 5 heterocycles. The summed E-state index contributed by atoms with van der Waals surface area (Å²) in [6.45, 7) is 12.1. The topological polar surface area (TPSA) is 119 Å². The van der Waals surface area contributed by atoms with Crippen LogP contribution in [0.15, 0.2) is 85.5 Å². The average Bonchev–Trinajstić information content (AvgIpc) is 3.11. The molecule has 3 aromatic rings. The number of phenolic OH excluding ortho intramolecular Hbond substituents is 1. The Bertz CT molecular complexity index is 1750. The second-order valence-electron chi connectivity index (χ2n) is 14.4. The molecule has 52 heavy (non-hydrogen) atoms. The Morgan fingerprint density at radius 1 is 0.962 bits per heavy atom. The number of rotatable bonds is 10. The van der Waals surface area contributed by atoms with Gasteiger partial charge in [-0.1, -0.05) is 54.6 Å². The zero-order valence-corrected chi connectivity index (χ0v) is 30.0. The highest BCUT2D eigenvalue weighted by Crippen LogP contribution is 2.30. The van der Waals surface area contributed by atoms with Crippen molar-refractivity contribution in [1.82, 2.24) is 39.9 Å². The molecule has 4 fully saturated rings. The monoisotopic (exact) mass is 707 g/mol. The molecule has 7 rings (SSSR count). The van der Waals surface area contributed by atoms with Gasteiger partial charge in [-0.25, -0.2) is 19.8 Å². The number of hydrogen-bond donors (Lipinski definition) is 2. The number of amides is 4. The van der Waals surface area contributed by atoms with Gasteiger partial charge in [-0.2, -0.15) is 0 Å². The summed E-state index contributed by atoms with van der Waals surface area (Å²) in [5, 5.41) is 16.2. The van der Waals surface area contributed by atoms with Crippen molar-refractivity contribution in [2.24, 2.45) is 0 Å². The molecule has 13 nitrogen and oxygen atoms in total. The fraction of sp³-hybridized carbons (Fsp3) is 0.436. The van der Waals surface area contributed by atoms with E-state index in [1.807, 2.05) is 48.5 Å². The number of nitrogens with one attached hydrogen (secondary N) is 1. The van der Waals surface area contributed by atoms with Gasteiger partial charge in [0, 0.05) is 64.3 Å². The van der Waals surface area contributed by atoms with Crippen molar-refractivity contribution in [2.45, 2.75) is 50.7 Å². The van der Waals surface area contributed by atoms with Gasteiger partial charge in [0.1, 0.15) is 23.8 Å². The van der Waals surface area contributed by atoms with E-state index in [-0.39, 0.29) is 56.2 Å². The van der Waals surface area contributed by atoms with Crippen molar-refractivity contribution >= 4 is 23.7 Å². The summed E-state index contributed by atoms with van der Waals surface area (Å²) in [5.74, 6) is 0.554. The number of fused-ring (bicyclic) bond motifs is 1. The van der Waals surface area contributed by atoms with Gasteiger partial charge in [0.05, 0.1) is 25.3 Å². The van der Waals surface area contributed by atoms with Gasteiger partial charge in [0.25, 0.3) is 0 Å². The Hall–Kier alpha value is -4.98. The maximum Gasteiger partial charge on any atom is 0.334 e. The minimum absolute atomic E-state index is 0.0754. The lowest BCUT2D eigenvalue weighted by Crippen LogP contribution is -2.76. The predicted molar refractivity (Wildman–Crippen MR) is 198 cm³/mol. The van der Waals surface area contributed by atoms with E-state index < -0.39 is 12.2 Å². The minimum Gasteiger partial charge on any atom is -0.508 e. The molecule has 4 amide bonds. The van der Waals surface area contributed by atoms with Crippen molar-refractivity contribution < 1.29 is 19.5 Å². The van der Waals surface area contributed by atoms with Crippen LogP contribution in [0.3, 0.4) is 0 Å². The number of urea groups is 1. The number of aromatic nitrogens is 1. The van der Waals surface area contributed by atoms with Crippen molar-refractivity contribution in [3.63, 3.8) is 0 Å². The molecule has 1 aromatic heterocycles. The van der Waals surface area contributed by atoms with Crippen LogP contribution in [0.5, 0.6) is 5.75 Å². The summed E-state index contributed by atoms with van der Waals surface area (Å²) >= 11 is 0. The summed E-state index contributed by atoms with van der Waals surface area (Å²) in [7, 11) is 2.18. The molecule has 4 saturated heterocycles. The normalized spacial score (nSPS) is 23.4. The molecule has 0 aliphatic carbocycles. The van der Waals surface area contributed by atoms with Crippen LogP contribution in [0.25, 0.3) is 0 Å². The van der Waals surface area contributed by atoms with Crippen LogP contribution in [0.2, 0.25) is 0 Å². The number of hydrogen-bond acceptors (Lipinski definition) is 9. The second-order valence-corrected chi connectivity index (χ2v) is 14.4. The van der Waals surface area contributed by atoms with Crippen LogP contribution in [0.1, 0.15) is 23.7 Å². The van der Waals surface area contributed by atoms with Gasteiger partial charge < -0.3 is 30.0 Å². The molecule has 2 aromatic carbocycles. The number of nitrogens with zero attached hydrogens (tertiary/aromatic N) is 8. The highest BCUT2D eigenvalue weighted by Gasteiger charge is 2.51. The number of likely N-dealkylation sites (N-methyl/N-ethyl adjacent to an activating group) is 1.